The molecule has 0 spiro atoms. The van der Waals surface area contributed by atoms with Crippen LogP contribution in [-0.4, -0.2) is 20.7 Å². The van der Waals surface area contributed by atoms with Crippen molar-refractivity contribution in [1.82, 2.24) is 9.76 Å². The summed E-state index contributed by atoms with van der Waals surface area (Å²) < 4.78 is 1.39. The van der Waals surface area contributed by atoms with Gasteiger partial charge in [0.15, 0.2) is 0 Å². The molecule has 0 fully saturated rings. The number of carbonyl (C=O) groups is 1. The highest BCUT2D eigenvalue weighted by Gasteiger charge is 2.50. The van der Waals surface area contributed by atoms with Crippen LogP contribution in [0.15, 0.2) is 12.4 Å². The van der Waals surface area contributed by atoms with E-state index in [0.717, 1.165) is 0 Å². The fraction of sp³-hybridized carbons (Fsp3) is 0.571. The molecule has 1 amide bonds. The fourth-order valence-corrected chi connectivity index (χ4v) is 5.73. The average Bonchev–Trinajstić information content (AvgIpc) is 2.28. The molecule has 0 radical (unpaired) electrons. The minimum absolute atomic E-state index is 0.134. The monoisotopic (exact) mass is 221 g/mol. The lowest BCUT2D eigenvalue weighted by Gasteiger charge is -2.21. The molecule has 2 N–H and O–H groups in total. The fourth-order valence-electron chi connectivity index (χ4n) is 1.02. The first-order valence-electron chi connectivity index (χ1n) is 4.00. The molecule has 1 aliphatic rings. The summed E-state index contributed by atoms with van der Waals surface area (Å²) >= 11 is 1.40. The third-order valence-electron chi connectivity index (χ3n) is 1.43. The molecular weight excluding hydrogens is 207 g/mol. The minimum Gasteiger partial charge on any atom is -0.271 e. The number of nitrogens with zero attached hydrogens (tertiary/aromatic N) is 1. The number of amides is 1. The first-order valence-corrected chi connectivity index (χ1v) is 7.18. The maximum absolute atomic E-state index is 11.1. The molecule has 0 aromatic rings. The Bertz CT molecular complexity index is 247. The lowest BCUT2D eigenvalue weighted by atomic mass is 10.6. The average molecular weight is 221 g/mol. The summed E-state index contributed by atoms with van der Waals surface area (Å²) in [5.74, 6) is -0.134. The van der Waals surface area contributed by atoms with Crippen molar-refractivity contribution in [2.24, 2.45) is 0 Å². The summed E-state index contributed by atoms with van der Waals surface area (Å²) in [6, 6.07) is 0. The van der Waals surface area contributed by atoms with Crippen LogP contribution in [0.5, 0.6) is 0 Å². The third-order valence-corrected chi connectivity index (χ3v) is 6.62. The van der Waals surface area contributed by atoms with E-state index in [1.165, 1.54) is 23.0 Å². The third kappa shape index (κ3) is 2.36. The van der Waals surface area contributed by atoms with E-state index in [2.05, 4.69) is 5.09 Å². The predicted molar refractivity (Wildman–Crippen MR) is 56.7 cm³/mol. The van der Waals surface area contributed by atoms with Gasteiger partial charge < -0.3 is 0 Å². The first kappa shape index (κ1) is 10.8. The Hall–Kier alpha value is -0.250. The summed E-state index contributed by atoms with van der Waals surface area (Å²) in [6.07, 6.45) is 3.20. The second-order valence-electron chi connectivity index (χ2n) is 3.01. The molecule has 0 aliphatic carbocycles. The van der Waals surface area contributed by atoms with Crippen molar-refractivity contribution < 1.29 is 9.69 Å². The van der Waals surface area contributed by atoms with E-state index in [4.69, 9.17) is 0 Å². The van der Waals surface area contributed by atoms with Crippen LogP contribution in [-0.2, 0) is 4.79 Å². The van der Waals surface area contributed by atoms with Crippen LogP contribution >= 0.6 is 18.4 Å². The molecule has 1 aliphatic heterocycles. The van der Waals surface area contributed by atoms with Crippen molar-refractivity contribution >= 4 is 24.3 Å². The highest BCUT2D eigenvalue weighted by Crippen LogP contribution is 2.69. The summed E-state index contributed by atoms with van der Waals surface area (Å²) in [5.41, 5.74) is 0. The normalized spacial score (nSPS) is 26.7. The Labute approximate surface area is 82.7 Å². The number of hydrogen-bond acceptors (Lipinski definition) is 4. The van der Waals surface area contributed by atoms with Crippen LogP contribution in [0.2, 0.25) is 0 Å². The zero-order chi connectivity index (χ0) is 10.1. The van der Waals surface area contributed by atoms with E-state index in [9.17, 15) is 9.69 Å². The minimum atomic E-state index is -2.50. The van der Waals surface area contributed by atoms with Crippen molar-refractivity contribution in [2.75, 3.05) is 0 Å². The summed E-state index contributed by atoms with van der Waals surface area (Å²) in [6.45, 7) is 2.92. The van der Waals surface area contributed by atoms with E-state index in [1.54, 1.807) is 12.4 Å². The van der Waals surface area contributed by atoms with Gasteiger partial charge in [-0.25, -0.2) is 5.09 Å². The van der Waals surface area contributed by atoms with Gasteiger partial charge in [-0.05, 0) is 13.8 Å². The summed E-state index contributed by atoms with van der Waals surface area (Å²) in [4.78, 5) is 21.2. The van der Waals surface area contributed by atoms with Crippen LogP contribution in [0.3, 0.4) is 0 Å². The molecule has 0 aromatic carbocycles. The standard InChI is InChI=1S/C7H14N2O2PS/c1-6(2)13-12(11)8-4-5-9(12)7(3)10/h4-6,8,11H,1-3H3/q+1. The van der Waals surface area contributed by atoms with E-state index in [-0.39, 0.29) is 11.2 Å². The molecule has 6 heteroatoms. The molecule has 0 saturated carbocycles. The van der Waals surface area contributed by atoms with Gasteiger partial charge in [0.05, 0.1) is 12.4 Å². The molecule has 4 nitrogen and oxygen atoms in total. The van der Waals surface area contributed by atoms with Gasteiger partial charge in [-0.1, -0.05) is 0 Å². The van der Waals surface area contributed by atoms with Gasteiger partial charge in [-0.2, -0.15) is 4.89 Å². The number of carbonyl (C=O) groups excluding carboxylic acids is 1. The Balaban J connectivity index is 2.73. The number of rotatable bonds is 2. The largest absolute Gasteiger partial charge is 0.401 e. The smallest absolute Gasteiger partial charge is 0.271 e. The molecule has 13 heavy (non-hydrogen) atoms. The van der Waals surface area contributed by atoms with Crippen molar-refractivity contribution in [1.29, 1.82) is 0 Å². The van der Waals surface area contributed by atoms with Gasteiger partial charge in [0.25, 0.3) is 5.91 Å². The Kier molecular flexibility index (Phi) is 3.22. The summed E-state index contributed by atoms with van der Waals surface area (Å²) in [7, 11) is 0. The van der Waals surface area contributed by atoms with Crippen LogP contribution in [0, 0.1) is 0 Å². The highest BCUT2D eigenvalue weighted by atomic mass is 32.7. The zero-order valence-corrected chi connectivity index (χ0v) is 9.60. The van der Waals surface area contributed by atoms with Crippen molar-refractivity contribution in [3.8, 4) is 0 Å². The SMILES string of the molecule is CC(=O)N1C=CN[P+]1(O)SC(C)C. The molecule has 1 heterocycles. The van der Waals surface area contributed by atoms with Crippen molar-refractivity contribution in [3.63, 3.8) is 0 Å². The Morgan fingerprint density at radius 3 is 2.77 bits per heavy atom. The lowest BCUT2D eigenvalue weighted by Crippen LogP contribution is -2.23. The second kappa shape index (κ2) is 3.86. The summed E-state index contributed by atoms with van der Waals surface area (Å²) in [5, 5.41) is 3.13. The van der Waals surface area contributed by atoms with E-state index in [1.807, 2.05) is 13.8 Å². The van der Waals surface area contributed by atoms with Gasteiger partial charge in [-0.15, -0.1) is 4.67 Å². The van der Waals surface area contributed by atoms with Crippen LogP contribution < -0.4 is 5.09 Å². The van der Waals surface area contributed by atoms with Crippen LogP contribution in [0.25, 0.3) is 0 Å². The van der Waals surface area contributed by atoms with Crippen molar-refractivity contribution in [2.45, 2.75) is 26.0 Å². The van der Waals surface area contributed by atoms with E-state index in [0.29, 0.717) is 0 Å². The second-order valence-corrected chi connectivity index (χ2v) is 8.10. The maximum atomic E-state index is 11.1. The molecule has 0 bridgehead atoms. The molecule has 0 aromatic heterocycles. The zero-order valence-electron chi connectivity index (χ0n) is 7.89. The number of nitrogens with one attached hydrogen (secondary N) is 1. The Morgan fingerprint density at radius 1 is 1.69 bits per heavy atom. The van der Waals surface area contributed by atoms with Gasteiger partial charge >= 0.3 is 6.99 Å². The molecule has 74 valence electrons. The van der Waals surface area contributed by atoms with Crippen molar-refractivity contribution in [3.05, 3.63) is 12.4 Å². The number of hydrogen-bond donors (Lipinski definition) is 2. The van der Waals surface area contributed by atoms with E-state index >= 15 is 0 Å². The predicted octanol–water partition coefficient (Wildman–Crippen LogP) is 1.72. The molecule has 1 unspecified atom stereocenters. The van der Waals surface area contributed by atoms with Gasteiger partial charge in [0.2, 0.25) is 0 Å². The first-order chi connectivity index (χ1) is 5.96. The quantitative estimate of drug-likeness (QED) is 0.697. The van der Waals surface area contributed by atoms with Crippen LogP contribution in [0.1, 0.15) is 20.8 Å². The lowest BCUT2D eigenvalue weighted by molar-refractivity contribution is -0.122. The van der Waals surface area contributed by atoms with Crippen LogP contribution in [0.4, 0.5) is 0 Å². The molecular formula is C7H14N2O2PS+. The topological polar surface area (TPSA) is 52.6 Å². The highest BCUT2D eigenvalue weighted by molar-refractivity contribution is 8.59. The molecule has 1 rings (SSSR count). The van der Waals surface area contributed by atoms with Gasteiger partial charge in [0.1, 0.15) is 11.4 Å². The molecule has 0 saturated heterocycles. The molecule has 1 atom stereocenters. The van der Waals surface area contributed by atoms with Gasteiger partial charge in [0, 0.05) is 12.2 Å². The van der Waals surface area contributed by atoms with Gasteiger partial charge in [-0.3, -0.25) is 4.79 Å². The Morgan fingerprint density at radius 2 is 2.31 bits per heavy atom. The van der Waals surface area contributed by atoms with E-state index < -0.39 is 6.99 Å². The maximum Gasteiger partial charge on any atom is 0.401 e.